The molecule has 0 bridgehead atoms. The molecule has 1 aromatic heterocycles. The number of halogens is 1. The summed E-state index contributed by atoms with van der Waals surface area (Å²) in [5.41, 5.74) is 2.82. The summed E-state index contributed by atoms with van der Waals surface area (Å²) >= 11 is 0. The fourth-order valence-corrected chi connectivity index (χ4v) is 2.48. The molecule has 0 spiro atoms. The maximum Gasteiger partial charge on any atom is 0.147 e. The number of hydrogen-bond donors (Lipinski definition) is 1. The number of rotatable bonds is 5. The largest absolute Gasteiger partial charge is 0.376 e. The van der Waals surface area contributed by atoms with Gasteiger partial charge in [0.1, 0.15) is 5.82 Å². The summed E-state index contributed by atoms with van der Waals surface area (Å²) in [4.78, 5) is 0. The first-order chi connectivity index (χ1) is 11.7. The lowest BCUT2D eigenvalue weighted by atomic mass is 10.1. The van der Waals surface area contributed by atoms with Gasteiger partial charge in [0, 0.05) is 11.8 Å². The van der Waals surface area contributed by atoms with Crippen molar-refractivity contribution in [2.75, 3.05) is 5.32 Å². The van der Waals surface area contributed by atoms with Gasteiger partial charge in [-0.1, -0.05) is 30.3 Å². The first-order valence-electron chi connectivity index (χ1n) is 7.68. The van der Waals surface area contributed by atoms with Crippen molar-refractivity contribution in [3.05, 3.63) is 83.4 Å². The molecule has 1 heterocycles. The Bertz CT molecular complexity index is 865. The van der Waals surface area contributed by atoms with Crippen molar-refractivity contribution in [3.8, 4) is 6.07 Å². The van der Waals surface area contributed by atoms with Crippen LogP contribution < -0.4 is 5.32 Å². The Morgan fingerprint density at radius 2 is 2.04 bits per heavy atom. The second kappa shape index (κ2) is 6.97. The van der Waals surface area contributed by atoms with Gasteiger partial charge in [0.2, 0.25) is 0 Å². The highest BCUT2D eigenvalue weighted by molar-refractivity contribution is 5.50. The summed E-state index contributed by atoms with van der Waals surface area (Å²) in [5, 5.41) is 16.3. The van der Waals surface area contributed by atoms with Crippen LogP contribution in [0.15, 0.2) is 60.9 Å². The van der Waals surface area contributed by atoms with Crippen LogP contribution in [-0.4, -0.2) is 9.78 Å². The first-order valence-corrected chi connectivity index (χ1v) is 7.68. The normalized spacial score (nSPS) is 11.7. The molecule has 2 aromatic carbocycles. The molecule has 0 radical (unpaired) electrons. The summed E-state index contributed by atoms with van der Waals surface area (Å²) in [7, 11) is 0. The zero-order valence-electron chi connectivity index (χ0n) is 13.3. The van der Waals surface area contributed by atoms with Gasteiger partial charge >= 0.3 is 0 Å². The van der Waals surface area contributed by atoms with Crippen LogP contribution in [0.4, 0.5) is 10.1 Å². The Balaban J connectivity index is 1.70. The maximum atomic E-state index is 14.0. The van der Waals surface area contributed by atoms with Crippen molar-refractivity contribution in [1.29, 1.82) is 5.26 Å². The number of nitriles is 1. The van der Waals surface area contributed by atoms with Crippen molar-refractivity contribution in [2.45, 2.75) is 19.5 Å². The van der Waals surface area contributed by atoms with E-state index in [-0.39, 0.29) is 6.04 Å². The fraction of sp³-hybridized carbons (Fsp3) is 0.158. The highest BCUT2D eigenvalue weighted by Gasteiger charge is 2.11. The van der Waals surface area contributed by atoms with E-state index < -0.39 is 5.82 Å². The average Bonchev–Trinajstić information content (AvgIpc) is 3.06. The molecule has 4 nitrogen and oxygen atoms in total. The lowest BCUT2D eigenvalue weighted by Crippen LogP contribution is -2.07. The van der Waals surface area contributed by atoms with Crippen LogP contribution in [0.5, 0.6) is 0 Å². The summed E-state index contributed by atoms with van der Waals surface area (Å²) in [6, 6.07) is 16.3. The van der Waals surface area contributed by atoms with Gasteiger partial charge < -0.3 is 5.32 Å². The molecule has 24 heavy (non-hydrogen) atoms. The van der Waals surface area contributed by atoms with Crippen molar-refractivity contribution in [1.82, 2.24) is 9.78 Å². The van der Waals surface area contributed by atoms with E-state index in [9.17, 15) is 4.39 Å². The molecule has 0 fully saturated rings. The van der Waals surface area contributed by atoms with Gasteiger partial charge in [0.15, 0.2) is 0 Å². The standard InChI is InChI=1S/C19H17FN4/c1-14(23-19-8-7-16(10-21)9-18(19)20)17-11-22-24(13-17)12-15-5-3-2-4-6-15/h2-9,11,13-14,23H,12H2,1H3. The lowest BCUT2D eigenvalue weighted by molar-refractivity contribution is 0.627. The molecule has 0 aliphatic rings. The van der Waals surface area contributed by atoms with Crippen LogP contribution in [0.25, 0.3) is 0 Å². The molecule has 3 rings (SSSR count). The summed E-state index contributed by atoms with van der Waals surface area (Å²) in [6.45, 7) is 2.64. The van der Waals surface area contributed by atoms with Gasteiger partial charge in [0.25, 0.3) is 0 Å². The molecule has 1 unspecified atom stereocenters. The van der Waals surface area contributed by atoms with Gasteiger partial charge in [-0.25, -0.2) is 4.39 Å². The number of aromatic nitrogens is 2. The summed E-state index contributed by atoms with van der Waals surface area (Å²) in [6.07, 6.45) is 3.73. The predicted octanol–water partition coefficient (Wildman–Crippen LogP) is 4.12. The Hall–Kier alpha value is -3.13. The highest BCUT2D eigenvalue weighted by atomic mass is 19.1. The summed E-state index contributed by atoms with van der Waals surface area (Å²) in [5.74, 6) is -0.433. The number of nitrogens with zero attached hydrogens (tertiary/aromatic N) is 3. The van der Waals surface area contributed by atoms with Crippen molar-refractivity contribution in [2.24, 2.45) is 0 Å². The van der Waals surface area contributed by atoms with Crippen molar-refractivity contribution < 1.29 is 4.39 Å². The molecule has 0 aliphatic carbocycles. The van der Waals surface area contributed by atoms with E-state index in [0.717, 1.165) is 5.56 Å². The number of benzene rings is 2. The van der Waals surface area contributed by atoms with Gasteiger partial charge in [-0.3, -0.25) is 4.68 Å². The molecule has 0 saturated carbocycles. The molecule has 0 amide bonds. The van der Waals surface area contributed by atoms with Gasteiger partial charge in [0.05, 0.1) is 36.1 Å². The van der Waals surface area contributed by atoms with Crippen LogP contribution in [0.3, 0.4) is 0 Å². The van der Waals surface area contributed by atoms with E-state index in [1.54, 1.807) is 18.3 Å². The predicted molar refractivity (Wildman–Crippen MR) is 90.9 cm³/mol. The fourth-order valence-electron chi connectivity index (χ4n) is 2.48. The SMILES string of the molecule is CC(Nc1ccc(C#N)cc1F)c1cnn(Cc2ccccc2)c1. The van der Waals surface area contributed by atoms with E-state index in [1.165, 1.54) is 11.6 Å². The maximum absolute atomic E-state index is 14.0. The third-order valence-corrected chi connectivity index (χ3v) is 3.81. The first kappa shape index (κ1) is 15.8. The molecular weight excluding hydrogens is 303 g/mol. The second-order valence-corrected chi connectivity index (χ2v) is 5.63. The Kier molecular flexibility index (Phi) is 4.57. The number of anilines is 1. The van der Waals surface area contributed by atoms with E-state index in [0.29, 0.717) is 17.8 Å². The minimum Gasteiger partial charge on any atom is -0.376 e. The van der Waals surface area contributed by atoms with Crippen LogP contribution in [0.2, 0.25) is 0 Å². The third-order valence-electron chi connectivity index (χ3n) is 3.81. The van der Waals surface area contributed by atoms with Crippen LogP contribution in [0, 0.1) is 17.1 Å². The monoisotopic (exact) mass is 320 g/mol. The number of hydrogen-bond acceptors (Lipinski definition) is 3. The smallest absolute Gasteiger partial charge is 0.147 e. The molecule has 0 saturated heterocycles. The van der Waals surface area contributed by atoms with Crippen molar-refractivity contribution >= 4 is 5.69 Å². The molecule has 5 heteroatoms. The Morgan fingerprint density at radius 1 is 1.25 bits per heavy atom. The second-order valence-electron chi connectivity index (χ2n) is 5.63. The van der Waals surface area contributed by atoms with Gasteiger partial charge in [-0.15, -0.1) is 0 Å². The Morgan fingerprint density at radius 3 is 2.75 bits per heavy atom. The molecule has 1 N–H and O–H groups in total. The van der Waals surface area contributed by atoms with Gasteiger partial charge in [-0.2, -0.15) is 10.4 Å². The molecule has 3 aromatic rings. The molecule has 1 atom stereocenters. The molecular formula is C19H17FN4. The topological polar surface area (TPSA) is 53.6 Å². The minimum atomic E-state index is -0.433. The third kappa shape index (κ3) is 3.61. The van der Waals surface area contributed by atoms with Crippen LogP contribution in [-0.2, 0) is 6.54 Å². The van der Waals surface area contributed by atoms with Crippen molar-refractivity contribution in [3.63, 3.8) is 0 Å². The molecule has 0 aliphatic heterocycles. The Labute approximate surface area is 140 Å². The van der Waals surface area contributed by atoms with Crippen LogP contribution in [0.1, 0.15) is 29.7 Å². The number of nitrogens with one attached hydrogen (secondary N) is 1. The zero-order chi connectivity index (χ0) is 16.9. The lowest BCUT2D eigenvalue weighted by Gasteiger charge is -2.14. The quantitative estimate of drug-likeness (QED) is 0.769. The summed E-state index contributed by atoms with van der Waals surface area (Å²) < 4.78 is 15.8. The van der Waals surface area contributed by atoms with E-state index in [4.69, 9.17) is 5.26 Å². The molecule has 120 valence electrons. The van der Waals surface area contributed by atoms with Gasteiger partial charge in [-0.05, 0) is 30.7 Å². The van der Waals surface area contributed by atoms with Crippen LogP contribution >= 0.6 is 0 Å². The van der Waals surface area contributed by atoms with E-state index in [1.807, 2.05) is 42.1 Å². The zero-order valence-corrected chi connectivity index (χ0v) is 13.3. The van der Waals surface area contributed by atoms with E-state index in [2.05, 4.69) is 22.5 Å². The highest BCUT2D eigenvalue weighted by Crippen LogP contribution is 2.22. The minimum absolute atomic E-state index is 0.100. The van der Waals surface area contributed by atoms with E-state index >= 15 is 0 Å². The average molecular weight is 320 g/mol.